The topological polar surface area (TPSA) is 71.8 Å². The Balaban J connectivity index is 1.77. The number of nitrogens with zero attached hydrogens (tertiary/aromatic N) is 1. The lowest BCUT2D eigenvalue weighted by Gasteiger charge is -2.25. The normalized spacial score (nSPS) is 12.1. The van der Waals surface area contributed by atoms with Crippen LogP contribution in [0.2, 0.25) is 0 Å². The second kappa shape index (κ2) is 8.05. The fourth-order valence-corrected chi connectivity index (χ4v) is 2.92. The van der Waals surface area contributed by atoms with Gasteiger partial charge in [0.2, 0.25) is 0 Å². The highest BCUT2D eigenvalue weighted by atomic mass is 16.5. The summed E-state index contributed by atoms with van der Waals surface area (Å²) in [7, 11) is 5.50. The van der Waals surface area contributed by atoms with Crippen LogP contribution in [0, 0.1) is 0 Å². The van der Waals surface area contributed by atoms with Crippen molar-refractivity contribution in [2.75, 3.05) is 27.7 Å². The summed E-state index contributed by atoms with van der Waals surface area (Å²) in [5, 5.41) is 3.31. The number of amides is 1. The van der Waals surface area contributed by atoms with Crippen LogP contribution in [0.5, 0.6) is 5.75 Å². The molecule has 2 aromatic carbocycles. The molecule has 0 saturated carbocycles. The summed E-state index contributed by atoms with van der Waals surface area (Å²) in [5.74, 6) is 0.363. The van der Waals surface area contributed by atoms with E-state index >= 15 is 0 Å². The van der Waals surface area contributed by atoms with Gasteiger partial charge in [-0.05, 0) is 43.9 Å². The zero-order chi connectivity index (χ0) is 19.4. The molecule has 3 aromatic rings. The Morgan fingerprint density at radius 1 is 1.15 bits per heavy atom. The van der Waals surface area contributed by atoms with Crippen LogP contribution in [-0.4, -0.2) is 38.6 Å². The molecule has 0 spiro atoms. The number of methoxy groups -OCH3 is 1. The van der Waals surface area contributed by atoms with Gasteiger partial charge < -0.3 is 19.4 Å². The van der Waals surface area contributed by atoms with E-state index in [4.69, 9.17) is 9.15 Å². The van der Waals surface area contributed by atoms with E-state index in [-0.39, 0.29) is 17.2 Å². The van der Waals surface area contributed by atoms with Crippen LogP contribution in [-0.2, 0) is 0 Å². The molecular formula is C21H22N2O4. The highest BCUT2D eigenvalue weighted by Crippen LogP contribution is 2.21. The van der Waals surface area contributed by atoms with Crippen molar-refractivity contribution in [2.45, 2.75) is 6.04 Å². The van der Waals surface area contributed by atoms with Crippen LogP contribution in [0.4, 0.5) is 0 Å². The zero-order valence-electron chi connectivity index (χ0n) is 15.6. The standard InChI is InChI=1S/C21H22N2O4/c1-23(2)17(14-8-10-15(26-3)11-9-14)13-22-21(25)20-12-18(24)16-6-4-5-7-19(16)27-20/h4-12,17H,13H2,1-3H3,(H,22,25). The van der Waals surface area contributed by atoms with E-state index in [0.29, 0.717) is 17.5 Å². The average molecular weight is 366 g/mol. The minimum Gasteiger partial charge on any atom is -0.497 e. The van der Waals surface area contributed by atoms with Crippen LogP contribution in [0.3, 0.4) is 0 Å². The lowest BCUT2D eigenvalue weighted by Crippen LogP contribution is -2.34. The van der Waals surface area contributed by atoms with Gasteiger partial charge in [0.25, 0.3) is 5.91 Å². The molecule has 0 fully saturated rings. The Bertz CT molecular complexity index is 993. The van der Waals surface area contributed by atoms with Gasteiger partial charge in [-0.3, -0.25) is 9.59 Å². The Labute approximate surface area is 157 Å². The number of nitrogens with one attached hydrogen (secondary N) is 1. The van der Waals surface area contributed by atoms with Crippen LogP contribution < -0.4 is 15.5 Å². The predicted molar refractivity (Wildman–Crippen MR) is 104 cm³/mol. The minimum absolute atomic E-state index is 0.00550. The van der Waals surface area contributed by atoms with Gasteiger partial charge in [-0.15, -0.1) is 0 Å². The van der Waals surface area contributed by atoms with Gasteiger partial charge in [0.1, 0.15) is 11.3 Å². The van der Waals surface area contributed by atoms with E-state index in [1.54, 1.807) is 31.4 Å². The third kappa shape index (κ3) is 4.17. The number of benzene rings is 2. The Hall–Kier alpha value is -3.12. The van der Waals surface area contributed by atoms with Crippen LogP contribution in [0.15, 0.2) is 63.8 Å². The van der Waals surface area contributed by atoms with Gasteiger partial charge in [-0.2, -0.15) is 0 Å². The van der Waals surface area contributed by atoms with Gasteiger partial charge in [0, 0.05) is 12.6 Å². The van der Waals surface area contributed by atoms with Gasteiger partial charge in [0.05, 0.1) is 18.5 Å². The highest BCUT2D eigenvalue weighted by molar-refractivity contribution is 5.93. The lowest BCUT2D eigenvalue weighted by atomic mass is 10.1. The molecule has 1 N–H and O–H groups in total. The van der Waals surface area contributed by atoms with Gasteiger partial charge >= 0.3 is 0 Å². The number of fused-ring (bicyclic) bond motifs is 1. The lowest BCUT2D eigenvalue weighted by molar-refractivity contribution is 0.0914. The first-order valence-electron chi connectivity index (χ1n) is 8.61. The molecule has 0 radical (unpaired) electrons. The molecule has 1 amide bonds. The third-order valence-corrected chi connectivity index (χ3v) is 4.44. The van der Waals surface area contributed by atoms with Crippen LogP contribution in [0.25, 0.3) is 11.0 Å². The predicted octanol–water partition coefficient (Wildman–Crippen LogP) is 2.83. The number of para-hydroxylation sites is 1. The summed E-state index contributed by atoms with van der Waals surface area (Å²) in [6.45, 7) is 0.370. The van der Waals surface area contributed by atoms with E-state index in [0.717, 1.165) is 11.3 Å². The molecule has 0 aliphatic heterocycles. The Morgan fingerprint density at radius 3 is 2.52 bits per heavy atom. The minimum atomic E-state index is -0.418. The van der Waals surface area contributed by atoms with Crippen molar-refractivity contribution < 1.29 is 13.9 Å². The van der Waals surface area contributed by atoms with Crippen LogP contribution >= 0.6 is 0 Å². The summed E-state index contributed by atoms with van der Waals surface area (Å²) in [6.07, 6.45) is 0. The van der Waals surface area contributed by atoms with Crippen molar-refractivity contribution in [1.29, 1.82) is 0 Å². The molecule has 27 heavy (non-hydrogen) atoms. The summed E-state index contributed by atoms with van der Waals surface area (Å²) >= 11 is 0. The SMILES string of the molecule is COc1ccc(C(CNC(=O)c2cc(=O)c3ccccc3o2)N(C)C)cc1. The molecule has 0 bridgehead atoms. The molecule has 6 nitrogen and oxygen atoms in total. The fourth-order valence-electron chi connectivity index (χ4n) is 2.92. The first kappa shape index (κ1) is 18.7. The number of ether oxygens (including phenoxy) is 1. The molecule has 0 aliphatic carbocycles. The van der Waals surface area contributed by atoms with Gasteiger partial charge in [-0.25, -0.2) is 0 Å². The smallest absolute Gasteiger partial charge is 0.287 e. The first-order chi connectivity index (χ1) is 13.0. The summed E-state index contributed by atoms with van der Waals surface area (Å²) in [4.78, 5) is 26.7. The Morgan fingerprint density at radius 2 is 1.85 bits per heavy atom. The van der Waals surface area contributed by atoms with Gasteiger partial charge in [0.15, 0.2) is 11.2 Å². The largest absolute Gasteiger partial charge is 0.497 e. The van der Waals surface area contributed by atoms with Crippen molar-refractivity contribution in [3.05, 3.63) is 76.1 Å². The maximum atomic E-state index is 12.5. The molecule has 6 heteroatoms. The number of hydrogen-bond donors (Lipinski definition) is 1. The second-order valence-electron chi connectivity index (χ2n) is 6.43. The maximum absolute atomic E-state index is 12.5. The monoisotopic (exact) mass is 366 g/mol. The summed E-state index contributed by atoms with van der Waals surface area (Å²) in [6, 6.07) is 15.8. The number of rotatable bonds is 6. The Kier molecular flexibility index (Phi) is 5.57. The maximum Gasteiger partial charge on any atom is 0.287 e. The molecule has 1 atom stereocenters. The molecule has 0 aliphatic rings. The van der Waals surface area contributed by atoms with E-state index in [1.165, 1.54) is 6.07 Å². The number of carbonyl (C=O) groups excluding carboxylic acids is 1. The second-order valence-corrected chi connectivity index (χ2v) is 6.43. The number of likely N-dealkylation sites (N-methyl/N-ethyl adjacent to an activating group) is 1. The number of hydrogen-bond acceptors (Lipinski definition) is 5. The van der Waals surface area contributed by atoms with E-state index < -0.39 is 5.91 Å². The molecule has 3 rings (SSSR count). The van der Waals surface area contributed by atoms with Crippen molar-refractivity contribution in [3.63, 3.8) is 0 Å². The zero-order valence-corrected chi connectivity index (χ0v) is 15.6. The van der Waals surface area contributed by atoms with Crippen molar-refractivity contribution in [3.8, 4) is 5.75 Å². The summed E-state index contributed by atoms with van der Waals surface area (Å²) in [5.41, 5.74) is 1.21. The van der Waals surface area contributed by atoms with E-state index in [1.807, 2.05) is 43.3 Å². The van der Waals surface area contributed by atoms with Crippen molar-refractivity contribution in [1.82, 2.24) is 10.2 Å². The average Bonchev–Trinajstić information content (AvgIpc) is 2.68. The number of carbonyl (C=O) groups is 1. The third-order valence-electron chi connectivity index (χ3n) is 4.44. The molecule has 1 aromatic heterocycles. The fraction of sp³-hybridized carbons (Fsp3) is 0.238. The van der Waals surface area contributed by atoms with Crippen molar-refractivity contribution in [2.24, 2.45) is 0 Å². The van der Waals surface area contributed by atoms with E-state index in [2.05, 4.69) is 5.32 Å². The molecule has 1 unspecified atom stereocenters. The highest BCUT2D eigenvalue weighted by Gasteiger charge is 2.18. The first-order valence-corrected chi connectivity index (χ1v) is 8.61. The molecule has 140 valence electrons. The van der Waals surface area contributed by atoms with Crippen LogP contribution in [0.1, 0.15) is 22.2 Å². The quantitative estimate of drug-likeness (QED) is 0.726. The van der Waals surface area contributed by atoms with Gasteiger partial charge in [-0.1, -0.05) is 24.3 Å². The molecule has 0 saturated heterocycles. The molecule has 1 heterocycles. The molecular weight excluding hydrogens is 344 g/mol. The summed E-state index contributed by atoms with van der Waals surface area (Å²) < 4.78 is 10.8. The van der Waals surface area contributed by atoms with E-state index in [9.17, 15) is 9.59 Å². The van der Waals surface area contributed by atoms with Crippen molar-refractivity contribution >= 4 is 16.9 Å².